The Morgan fingerprint density at radius 1 is 1.26 bits per heavy atom. The van der Waals surface area contributed by atoms with Gasteiger partial charge >= 0.3 is 0 Å². The minimum atomic E-state index is 0.147. The fourth-order valence-corrected chi connectivity index (χ4v) is 4.26. The molecule has 1 aromatic carbocycles. The zero-order chi connectivity index (χ0) is 15.4. The molecule has 2 saturated heterocycles. The molecule has 0 radical (unpaired) electrons. The number of benzene rings is 1. The number of nitrogens with one attached hydrogen (secondary N) is 1. The Morgan fingerprint density at radius 3 is 2.83 bits per heavy atom. The molecule has 2 unspecified atom stereocenters. The van der Waals surface area contributed by atoms with E-state index in [4.69, 9.17) is 4.42 Å². The van der Waals surface area contributed by atoms with Gasteiger partial charge in [-0.3, -0.25) is 0 Å². The molecule has 2 bridgehead atoms. The van der Waals surface area contributed by atoms with Gasteiger partial charge in [0, 0.05) is 36.8 Å². The molecule has 0 aliphatic carbocycles. The van der Waals surface area contributed by atoms with Crippen LogP contribution in [0.3, 0.4) is 0 Å². The third-order valence-corrected chi connectivity index (χ3v) is 5.47. The largest absolute Gasteiger partial charge is 0.506 e. The fourth-order valence-electron chi connectivity index (χ4n) is 3.60. The Bertz CT molecular complexity index is 848. The van der Waals surface area contributed by atoms with E-state index in [1.54, 1.807) is 23.6 Å². The van der Waals surface area contributed by atoms with Gasteiger partial charge in [0.1, 0.15) is 10.8 Å². The lowest BCUT2D eigenvalue weighted by atomic mass is 10.2. The Morgan fingerprint density at radius 2 is 2.09 bits per heavy atom. The van der Waals surface area contributed by atoms with Crippen LogP contribution in [0.2, 0.25) is 0 Å². The highest BCUT2D eigenvalue weighted by molar-refractivity contribution is 7.13. The lowest BCUT2D eigenvalue weighted by Gasteiger charge is -2.31. The van der Waals surface area contributed by atoms with E-state index in [-0.39, 0.29) is 5.75 Å². The number of aromatic hydroxyl groups is 1. The van der Waals surface area contributed by atoms with Crippen molar-refractivity contribution in [2.24, 2.45) is 0 Å². The van der Waals surface area contributed by atoms with E-state index >= 15 is 0 Å². The van der Waals surface area contributed by atoms with Crippen LogP contribution in [0, 0.1) is 0 Å². The van der Waals surface area contributed by atoms with Crippen LogP contribution < -0.4 is 10.2 Å². The summed E-state index contributed by atoms with van der Waals surface area (Å²) in [5, 5.41) is 16.6. The van der Waals surface area contributed by atoms with Gasteiger partial charge in [-0.25, -0.2) is 4.98 Å². The number of piperazine rings is 1. The first-order valence-electron chi connectivity index (χ1n) is 7.81. The average Bonchev–Trinajstić information content (AvgIpc) is 3.28. The molecule has 0 amide bonds. The van der Waals surface area contributed by atoms with Gasteiger partial charge in [0.05, 0.1) is 5.56 Å². The van der Waals surface area contributed by atoms with Crippen LogP contribution in [0.25, 0.3) is 21.7 Å². The van der Waals surface area contributed by atoms with Crippen LogP contribution >= 0.6 is 11.3 Å². The number of hydrogen-bond donors (Lipinski definition) is 2. The second-order valence-electron chi connectivity index (χ2n) is 6.19. The highest BCUT2D eigenvalue weighted by Gasteiger charge is 2.34. The Balaban J connectivity index is 1.61. The summed E-state index contributed by atoms with van der Waals surface area (Å²) in [4.78, 5) is 11.1. The van der Waals surface area contributed by atoms with Crippen LogP contribution in [0.4, 0.5) is 6.01 Å². The second kappa shape index (κ2) is 4.94. The molecule has 2 atom stereocenters. The van der Waals surface area contributed by atoms with E-state index in [0.717, 1.165) is 23.7 Å². The van der Waals surface area contributed by atoms with Gasteiger partial charge < -0.3 is 19.7 Å². The highest BCUT2D eigenvalue weighted by Crippen LogP contribution is 2.37. The smallest absolute Gasteiger partial charge is 0.298 e. The van der Waals surface area contributed by atoms with Crippen LogP contribution in [0.5, 0.6) is 5.75 Å². The van der Waals surface area contributed by atoms with Crippen molar-refractivity contribution in [3.63, 3.8) is 0 Å². The van der Waals surface area contributed by atoms with Gasteiger partial charge in [-0.1, -0.05) is 0 Å². The summed E-state index contributed by atoms with van der Waals surface area (Å²) in [5.74, 6) is 0.147. The predicted octanol–water partition coefficient (Wildman–Crippen LogP) is 2.60. The normalized spacial score (nSPS) is 23.7. The minimum Gasteiger partial charge on any atom is -0.506 e. The topological polar surface area (TPSA) is 74.4 Å². The third-order valence-electron chi connectivity index (χ3n) is 4.66. The number of hydrogen-bond acceptors (Lipinski definition) is 7. The molecule has 118 valence electrons. The summed E-state index contributed by atoms with van der Waals surface area (Å²) in [5.41, 5.74) is 2.00. The zero-order valence-corrected chi connectivity index (χ0v) is 13.2. The first kappa shape index (κ1) is 13.3. The molecule has 2 N–H and O–H groups in total. The fraction of sp³-hybridized carbons (Fsp3) is 0.375. The molecule has 2 aliphatic rings. The Labute approximate surface area is 136 Å². The van der Waals surface area contributed by atoms with Crippen molar-refractivity contribution in [3.05, 3.63) is 23.7 Å². The minimum absolute atomic E-state index is 0.147. The first-order valence-corrected chi connectivity index (χ1v) is 8.69. The summed E-state index contributed by atoms with van der Waals surface area (Å²) < 4.78 is 6.06. The van der Waals surface area contributed by atoms with E-state index in [2.05, 4.69) is 20.2 Å². The number of thiazole rings is 1. The molecule has 6 nitrogen and oxygen atoms in total. The highest BCUT2D eigenvalue weighted by atomic mass is 32.1. The number of oxazole rings is 1. The van der Waals surface area contributed by atoms with E-state index < -0.39 is 0 Å². The Hall–Kier alpha value is -2.12. The van der Waals surface area contributed by atoms with E-state index in [0.29, 0.717) is 29.2 Å². The van der Waals surface area contributed by atoms with Gasteiger partial charge in [-0.05, 0) is 25.0 Å². The van der Waals surface area contributed by atoms with E-state index in [9.17, 15) is 5.11 Å². The maximum Gasteiger partial charge on any atom is 0.298 e. The van der Waals surface area contributed by atoms with E-state index in [1.165, 1.54) is 12.8 Å². The number of anilines is 1. The predicted molar refractivity (Wildman–Crippen MR) is 88.9 cm³/mol. The number of aromatic nitrogens is 2. The van der Waals surface area contributed by atoms with Crippen molar-refractivity contribution in [3.8, 4) is 16.3 Å². The van der Waals surface area contributed by atoms with Crippen molar-refractivity contribution in [1.82, 2.24) is 15.3 Å². The molecule has 2 aromatic heterocycles. The van der Waals surface area contributed by atoms with Gasteiger partial charge in [-0.2, -0.15) is 4.98 Å². The van der Waals surface area contributed by atoms with Gasteiger partial charge in [0.25, 0.3) is 6.01 Å². The molecule has 3 aromatic rings. The van der Waals surface area contributed by atoms with E-state index in [1.807, 2.05) is 11.4 Å². The summed E-state index contributed by atoms with van der Waals surface area (Å²) >= 11 is 1.55. The molecule has 2 aliphatic heterocycles. The maximum absolute atomic E-state index is 10.2. The van der Waals surface area contributed by atoms with Gasteiger partial charge in [0.15, 0.2) is 11.1 Å². The number of fused-ring (bicyclic) bond motifs is 3. The summed E-state index contributed by atoms with van der Waals surface area (Å²) in [7, 11) is 0. The lowest BCUT2D eigenvalue weighted by molar-refractivity contribution is 0.437. The third kappa shape index (κ3) is 2.11. The number of nitrogens with zero attached hydrogens (tertiary/aromatic N) is 3. The molecule has 4 heterocycles. The van der Waals surface area contributed by atoms with Crippen molar-refractivity contribution < 1.29 is 9.52 Å². The molecular formula is C16H16N4O2S. The van der Waals surface area contributed by atoms with Crippen LogP contribution in [0.1, 0.15) is 12.8 Å². The van der Waals surface area contributed by atoms with Gasteiger partial charge in [-0.15, -0.1) is 11.3 Å². The number of phenolic OH excluding ortho intramolecular Hbond substituents is 1. The standard InChI is InChI=1S/C16H16N4O2S/c21-12-4-3-11(15-17-5-6-23-15)14-13(12)19-16(22-14)20-7-9-1-2-10(8-20)18-9/h3-6,9-10,18,21H,1-2,7-8H2. The maximum atomic E-state index is 10.2. The van der Waals surface area contributed by atoms with Crippen molar-refractivity contribution in [2.45, 2.75) is 24.9 Å². The Kier molecular flexibility index (Phi) is 2.86. The van der Waals surface area contributed by atoms with Crippen molar-refractivity contribution in [1.29, 1.82) is 0 Å². The zero-order valence-electron chi connectivity index (χ0n) is 12.4. The first-order chi connectivity index (χ1) is 11.3. The SMILES string of the molecule is Oc1ccc(-c2nccs2)c2oc(N3CC4CCC(C3)N4)nc12. The monoisotopic (exact) mass is 328 g/mol. The van der Waals surface area contributed by atoms with Crippen LogP contribution in [-0.4, -0.2) is 40.2 Å². The van der Waals surface area contributed by atoms with Crippen molar-refractivity contribution >= 4 is 28.5 Å². The summed E-state index contributed by atoms with van der Waals surface area (Å²) in [6.45, 7) is 1.80. The van der Waals surface area contributed by atoms with Crippen LogP contribution in [0.15, 0.2) is 28.1 Å². The molecule has 7 heteroatoms. The molecule has 2 fully saturated rings. The van der Waals surface area contributed by atoms with Crippen molar-refractivity contribution in [2.75, 3.05) is 18.0 Å². The summed E-state index contributed by atoms with van der Waals surface area (Å²) in [6.07, 6.45) is 4.18. The molecule has 0 spiro atoms. The molecule has 0 saturated carbocycles. The molecule has 5 rings (SSSR count). The van der Waals surface area contributed by atoms with Crippen LogP contribution in [-0.2, 0) is 0 Å². The lowest BCUT2D eigenvalue weighted by Crippen LogP contribution is -2.51. The summed E-state index contributed by atoms with van der Waals surface area (Å²) in [6, 6.07) is 5.11. The molecular weight excluding hydrogens is 312 g/mol. The molecule has 23 heavy (non-hydrogen) atoms. The quantitative estimate of drug-likeness (QED) is 0.753. The number of phenols is 1. The average molecular weight is 328 g/mol. The number of rotatable bonds is 2. The van der Waals surface area contributed by atoms with Gasteiger partial charge in [0.2, 0.25) is 0 Å². The second-order valence-corrected chi connectivity index (χ2v) is 7.08.